The molecule has 0 heterocycles. The highest BCUT2D eigenvalue weighted by molar-refractivity contribution is 6.28. The van der Waals surface area contributed by atoms with Gasteiger partial charge in [-0.05, 0) is 24.3 Å². The molecule has 0 aromatic heterocycles. The van der Waals surface area contributed by atoms with Crippen molar-refractivity contribution >= 4 is 47.2 Å². The Morgan fingerprint density at radius 3 is 0.625 bits per heavy atom. The largest absolute Gasteiger partial charge is 0.473 e. The van der Waals surface area contributed by atoms with Crippen molar-refractivity contribution in [2.24, 2.45) is 0 Å². The second-order valence-corrected chi connectivity index (χ2v) is 4.65. The maximum atomic E-state index is 9.10. The van der Waals surface area contributed by atoms with Crippen molar-refractivity contribution in [2.75, 3.05) is 11.5 Å². The molecule has 0 unspecified atom stereocenters. The molecule has 2 rings (SSSR count). The lowest BCUT2D eigenvalue weighted by molar-refractivity contribution is -0.159. The van der Waals surface area contributed by atoms with Crippen LogP contribution >= 0.6 is 0 Å². The monoisotopic (exact) mass is 456 g/mol. The molecule has 32 heavy (non-hydrogen) atoms. The topological polar surface area (TPSA) is 276 Å². The van der Waals surface area contributed by atoms with Crippen LogP contribution < -0.4 is 11.5 Å². The lowest BCUT2D eigenvalue weighted by Crippen LogP contribution is -2.09. The molecule has 0 aliphatic rings. The Bertz CT molecular complexity index is 739. The van der Waals surface area contributed by atoms with Gasteiger partial charge in [0.2, 0.25) is 0 Å². The van der Waals surface area contributed by atoms with Crippen LogP contribution in [0.2, 0.25) is 0 Å². The van der Waals surface area contributed by atoms with Gasteiger partial charge in [-0.25, -0.2) is 28.8 Å². The van der Waals surface area contributed by atoms with Crippen LogP contribution in [0.5, 0.6) is 0 Å². The molecule has 0 saturated heterocycles. The molecule has 0 amide bonds. The van der Waals surface area contributed by atoms with Crippen LogP contribution in [0.15, 0.2) is 60.7 Å². The zero-order valence-electron chi connectivity index (χ0n) is 16.1. The average Bonchev–Trinajstić information content (AvgIpc) is 2.71. The number of nitrogen functional groups attached to an aromatic ring is 2. The van der Waals surface area contributed by atoms with E-state index in [1.165, 1.54) is 0 Å². The van der Waals surface area contributed by atoms with Gasteiger partial charge in [-0.1, -0.05) is 36.4 Å². The number of carbonyl (C=O) groups is 6. The van der Waals surface area contributed by atoms with Crippen LogP contribution in [0.1, 0.15) is 0 Å². The molecule has 0 spiro atoms. The first-order valence-electron chi connectivity index (χ1n) is 7.72. The maximum Gasteiger partial charge on any atom is 0.414 e. The van der Waals surface area contributed by atoms with Crippen molar-refractivity contribution in [3.05, 3.63) is 60.7 Å². The van der Waals surface area contributed by atoms with E-state index >= 15 is 0 Å². The standard InChI is InChI=1S/2C6H7N.3C2H2O4/c2*7-6-4-2-1-3-5-6;3*3-1(4)2(5)6/h2*1-5H,7H2;3*(H,3,4)(H,5,6). The molecule has 14 nitrogen and oxygen atoms in total. The summed E-state index contributed by atoms with van der Waals surface area (Å²) in [6.45, 7) is 0. The smallest absolute Gasteiger partial charge is 0.414 e. The summed E-state index contributed by atoms with van der Waals surface area (Å²) >= 11 is 0. The SMILES string of the molecule is Nc1ccccc1.Nc1ccccc1.O=C(O)C(=O)O.O=C(O)C(=O)O.O=C(O)C(=O)O. The molecule has 14 heteroatoms. The maximum absolute atomic E-state index is 9.10. The Hall–Kier alpha value is -5.14. The predicted octanol–water partition coefficient (Wildman–Crippen LogP) is 0.00440. The van der Waals surface area contributed by atoms with Crippen LogP contribution in [0.25, 0.3) is 0 Å². The third-order valence-electron chi connectivity index (χ3n) is 2.15. The second kappa shape index (κ2) is 19.2. The van der Waals surface area contributed by atoms with E-state index in [2.05, 4.69) is 0 Å². The highest BCUT2D eigenvalue weighted by Crippen LogP contribution is 1.96. The van der Waals surface area contributed by atoms with Gasteiger partial charge in [-0.3, -0.25) is 0 Å². The lowest BCUT2D eigenvalue weighted by atomic mass is 10.3. The molecule has 10 N–H and O–H groups in total. The van der Waals surface area contributed by atoms with Crippen LogP contribution in [0.4, 0.5) is 11.4 Å². The van der Waals surface area contributed by atoms with Crippen LogP contribution in [0.3, 0.4) is 0 Å². The molecule has 0 bridgehead atoms. The number of aliphatic carboxylic acids is 6. The van der Waals surface area contributed by atoms with Gasteiger partial charge >= 0.3 is 35.8 Å². The van der Waals surface area contributed by atoms with Gasteiger partial charge in [0, 0.05) is 11.4 Å². The highest BCUT2D eigenvalue weighted by Gasteiger charge is 2.05. The van der Waals surface area contributed by atoms with Gasteiger partial charge in [0.15, 0.2) is 0 Å². The van der Waals surface area contributed by atoms with Crippen LogP contribution in [-0.4, -0.2) is 66.5 Å². The van der Waals surface area contributed by atoms with Gasteiger partial charge in [0.1, 0.15) is 0 Å². The van der Waals surface area contributed by atoms with Gasteiger partial charge in [-0.15, -0.1) is 0 Å². The lowest BCUT2D eigenvalue weighted by Gasteiger charge is -1.83. The molecular weight excluding hydrogens is 436 g/mol. The number of nitrogens with two attached hydrogens (primary N) is 2. The van der Waals surface area contributed by atoms with E-state index in [9.17, 15) is 0 Å². The molecule has 0 aliphatic carbocycles. The summed E-state index contributed by atoms with van der Waals surface area (Å²) in [5.41, 5.74) is 12.4. The van der Waals surface area contributed by atoms with Gasteiger partial charge in [0.05, 0.1) is 0 Å². The fraction of sp³-hybridized carbons (Fsp3) is 0. The minimum atomic E-state index is -1.82. The van der Waals surface area contributed by atoms with Crippen molar-refractivity contribution < 1.29 is 59.4 Å². The van der Waals surface area contributed by atoms with Crippen molar-refractivity contribution in [1.29, 1.82) is 0 Å². The summed E-state index contributed by atoms with van der Waals surface area (Å²) in [4.78, 5) is 54.6. The summed E-state index contributed by atoms with van der Waals surface area (Å²) in [5.74, 6) is -10.9. The first-order valence-corrected chi connectivity index (χ1v) is 7.72. The van der Waals surface area contributed by atoms with E-state index in [4.69, 9.17) is 70.9 Å². The van der Waals surface area contributed by atoms with E-state index in [1.54, 1.807) is 0 Å². The zero-order chi connectivity index (χ0) is 25.7. The Balaban J connectivity index is -0.000000330. The minimum Gasteiger partial charge on any atom is -0.473 e. The summed E-state index contributed by atoms with van der Waals surface area (Å²) in [6.07, 6.45) is 0. The zero-order valence-corrected chi connectivity index (χ0v) is 16.1. The Morgan fingerprint density at radius 2 is 0.562 bits per heavy atom. The molecule has 0 aliphatic heterocycles. The first kappa shape index (κ1) is 31.6. The Morgan fingerprint density at radius 1 is 0.406 bits per heavy atom. The molecule has 2 aromatic rings. The molecular formula is C18H20N2O12. The number of hydrogen-bond acceptors (Lipinski definition) is 8. The van der Waals surface area contributed by atoms with Gasteiger partial charge in [0.25, 0.3) is 0 Å². The van der Waals surface area contributed by atoms with E-state index in [0.717, 1.165) is 11.4 Å². The Kier molecular flexibility index (Phi) is 18.9. The number of hydrogen-bond donors (Lipinski definition) is 8. The Labute approximate surface area is 179 Å². The normalized spacial score (nSPS) is 7.88. The van der Waals surface area contributed by atoms with E-state index in [-0.39, 0.29) is 0 Å². The fourth-order valence-corrected chi connectivity index (χ4v) is 0.906. The molecule has 174 valence electrons. The highest BCUT2D eigenvalue weighted by atomic mass is 16.5. The molecule has 0 radical (unpaired) electrons. The number of carboxylic acid groups (broad SMARTS) is 6. The number of rotatable bonds is 0. The molecule has 2 aromatic carbocycles. The van der Waals surface area contributed by atoms with Crippen LogP contribution in [0, 0.1) is 0 Å². The van der Waals surface area contributed by atoms with Crippen molar-refractivity contribution in [3.63, 3.8) is 0 Å². The quantitative estimate of drug-likeness (QED) is 0.191. The summed E-state index contributed by atoms with van der Waals surface area (Å²) < 4.78 is 0. The summed E-state index contributed by atoms with van der Waals surface area (Å²) in [7, 11) is 0. The summed E-state index contributed by atoms with van der Waals surface area (Å²) in [6, 6.07) is 19.0. The number of carboxylic acids is 6. The van der Waals surface area contributed by atoms with Gasteiger partial charge < -0.3 is 42.1 Å². The fourth-order valence-electron chi connectivity index (χ4n) is 0.906. The van der Waals surface area contributed by atoms with Crippen molar-refractivity contribution in [3.8, 4) is 0 Å². The second-order valence-electron chi connectivity index (χ2n) is 4.65. The average molecular weight is 456 g/mol. The molecule has 0 saturated carbocycles. The minimum absolute atomic E-state index is 0.822. The van der Waals surface area contributed by atoms with E-state index in [1.807, 2.05) is 60.7 Å². The third-order valence-corrected chi connectivity index (χ3v) is 2.15. The number of anilines is 2. The van der Waals surface area contributed by atoms with Crippen molar-refractivity contribution in [2.45, 2.75) is 0 Å². The first-order chi connectivity index (χ1) is 14.7. The number of para-hydroxylation sites is 2. The molecule has 0 atom stereocenters. The van der Waals surface area contributed by atoms with Gasteiger partial charge in [-0.2, -0.15) is 0 Å². The third kappa shape index (κ3) is 27.1. The summed E-state index contributed by atoms with van der Waals surface area (Å²) in [5, 5.41) is 44.3. The predicted molar refractivity (Wildman–Crippen MR) is 108 cm³/mol. The molecule has 0 fully saturated rings. The van der Waals surface area contributed by atoms with Crippen molar-refractivity contribution in [1.82, 2.24) is 0 Å². The van der Waals surface area contributed by atoms with E-state index in [0.29, 0.717) is 0 Å². The van der Waals surface area contributed by atoms with E-state index < -0.39 is 35.8 Å². The van der Waals surface area contributed by atoms with Crippen LogP contribution in [-0.2, 0) is 28.8 Å². The number of benzene rings is 2.